The summed E-state index contributed by atoms with van der Waals surface area (Å²) >= 11 is 0. The Morgan fingerprint density at radius 1 is 1.26 bits per heavy atom. The predicted molar refractivity (Wildman–Crippen MR) is 75.6 cm³/mol. The van der Waals surface area contributed by atoms with E-state index in [1.807, 2.05) is 0 Å². The van der Waals surface area contributed by atoms with E-state index in [0.29, 0.717) is 17.7 Å². The van der Waals surface area contributed by atoms with Crippen molar-refractivity contribution in [2.75, 3.05) is 32.7 Å². The second kappa shape index (κ2) is 5.41. The lowest BCUT2D eigenvalue weighted by molar-refractivity contribution is -0.146. The smallest absolute Gasteiger partial charge is 0.230 e. The van der Waals surface area contributed by atoms with Crippen LogP contribution in [0.15, 0.2) is 0 Å². The SMILES string of the molecule is NCC1CCN(C(=O)[C@@]23CCCC[C@H]2CNC3)CC1. The first-order chi connectivity index (χ1) is 9.26. The zero-order valence-electron chi connectivity index (χ0n) is 11.9. The average molecular weight is 265 g/mol. The van der Waals surface area contributed by atoms with E-state index in [2.05, 4.69) is 10.2 Å². The molecule has 2 heterocycles. The molecule has 0 radical (unpaired) electrons. The van der Waals surface area contributed by atoms with E-state index in [9.17, 15) is 4.79 Å². The molecular formula is C15H27N3O. The zero-order valence-corrected chi connectivity index (χ0v) is 11.9. The molecule has 4 heteroatoms. The Labute approximate surface area is 116 Å². The lowest BCUT2D eigenvalue weighted by Crippen LogP contribution is -2.52. The Balaban J connectivity index is 1.69. The number of likely N-dealkylation sites (tertiary alicyclic amines) is 1. The van der Waals surface area contributed by atoms with Gasteiger partial charge in [0.15, 0.2) is 0 Å². The van der Waals surface area contributed by atoms with Gasteiger partial charge < -0.3 is 16.0 Å². The fraction of sp³-hybridized carbons (Fsp3) is 0.933. The maximum Gasteiger partial charge on any atom is 0.230 e. The lowest BCUT2D eigenvalue weighted by atomic mass is 9.67. The summed E-state index contributed by atoms with van der Waals surface area (Å²) in [5.74, 6) is 1.66. The van der Waals surface area contributed by atoms with Gasteiger partial charge in [0.05, 0.1) is 5.41 Å². The van der Waals surface area contributed by atoms with Gasteiger partial charge in [-0.3, -0.25) is 4.79 Å². The molecule has 0 aromatic heterocycles. The Bertz CT molecular complexity index is 338. The molecule has 0 spiro atoms. The highest BCUT2D eigenvalue weighted by atomic mass is 16.2. The number of nitrogens with one attached hydrogen (secondary N) is 1. The van der Waals surface area contributed by atoms with Gasteiger partial charge in [-0.1, -0.05) is 12.8 Å². The molecule has 2 atom stereocenters. The van der Waals surface area contributed by atoms with E-state index >= 15 is 0 Å². The van der Waals surface area contributed by atoms with Crippen LogP contribution < -0.4 is 11.1 Å². The highest BCUT2D eigenvalue weighted by Gasteiger charge is 2.51. The van der Waals surface area contributed by atoms with E-state index in [1.165, 1.54) is 19.3 Å². The molecule has 0 aromatic rings. The summed E-state index contributed by atoms with van der Waals surface area (Å²) in [5, 5.41) is 3.48. The van der Waals surface area contributed by atoms with E-state index in [-0.39, 0.29) is 5.41 Å². The Morgan fingerprint density at radius 2 is 2.05 bits per heavy atom. The molecule has 2 saturated heterocycles. The van der Waals surface area contributed by atoms with Crippen LogP contribution in [0.25, 0.3) is 0 Å². The van der Waals surface area contributed by atoms with Crippen molar-refractivity contribution in [1.29, 1.82) is 0 Å². The number of piperidine rings is 1. The van der Waals surface area contributed by atoms with Crippen LogP contribution in [0.5, 0.6) is 0 Å². The molecule has 0 aromatic carbocycles. The van der Waals surface area contributed by atoms with Crippen LogP contribution in [0.1, 0.15) is 38.5 Å². The molecule has 108 valence electrons. The molecule has 0 unspecified atom stereocenters. The number of carbonyl (C=O) groups is 1. The van der Waals surface area contributed by atoms with Gasteiger partial charge in [0.1, 0.15) is 0 Å². The maximum absolute atomic E-state index is 13.0. The van der Waals surface area contributed by atoms with Crippen molar-refractivity contribution in [3.05, 3.63) is 0 Å². The highest BCUT2D eigenvalue weighted by Crippen LogP contribution is 2.45. The van der Waals surface area contributed by atoms with Crippen molar-refractivity contribution < 1.29 is 4.79 Å². The number of amides is 1. The number of fused-ring (bicyclic) bond motifs is 1. The zero-order chi connectivity index (χ0) is 13.3. The number of hydrogen-bond acceptors (Lipinski definition) is 3. The number of nitrogens with zero attached hydrogens (tertiary/aromatic N) is 1. The summed E-state index contributed by atoms with van der Waals surface area (Å²) in [4.78, 5) is 15.1. The van der Waals surface area contributed by atoms with Gasteiger partial charge in [0.2, 0.25) is 5.91 Å². The van der Waals surface area contributed by atoms with Gasteiger partial charge >= 0.3 is 0 Å². The van der Waals surface area contributed by atoms with Crippen LogP contribution in [-0.4, -0.2) is 43.5 Å². The largest absolute Gasteiger partial charge is 0.342 e. The molecule has 1 amide bonds. The Morgan fingerprint density at radius 3 is 2.79 bits per heavy atom. The van der Waals surface area contributed by atoms with Crippen LogP contribution >= 0.6 is 0 Å². The third-order valence-corrected chi connectivity index (χ3v) is 5.70. The molecular weight excluding hydrogens is 238 g/mol. The minimum atomic E-state index is -0.0617. The number of hydrogen-bond donors (Lipinski definition) is 2. The first kappa shape index (κ1) is 13.4. The van der Waals surface area contributed by atoms with Crippen molar-refractivity contribution in [2.45, 2.75) is 38.5 Å². The third kappa shape index (κ3) is 2.29. The molecule has 1 aliphatic carbocycles. The average Bonchev–Trinajstić information content (AvgIpc) is 2.91. The molecule has 19 heavy (non-hydrogen) atoms. The van der Waals surface area contributed by atoms with Crippen LogP contribution in [0, 0.1) is 17.3 Å². The van der Waals surface area contributed by atoms with E-state index < -0.39 is 0 Å². The molecule has 4 nitrogen and oxygen atoms in total. The Hall–Kier alpha value is -0.610. The van der Waals surface area contributed by atoms with Gasteiger partial charge in [0, 0.05) is 19.6 Å². The lowest BCUT2D eigenvalue weighted by Gasteiger charge is -2.42. The van der Waals surface area contributed by atoms with Crippen molar-refractivity contribution >= 4 is 5.91 Å². The molecule has 1 saturated carbocycles. The molecule has 3 fully saturated rings. The van der Waals surface area contributed by atoms with E-state index in [4.69, 9.17) is 5.73 Å². The number of carbonyl (C=O) groups excluding carboxylic acids is 1. The van der Waals surface area contributed by atoms with Gasteiger partial charge in [-0.15, -0.1) is 0 Å². The second-order valence-electron chi connectivity index (χ2n) is 6.70. The van der Waals surface area contributed by atoms with Crippen LogP contribution in [0.4, 0.5) is 0 Å². The summed E-state index contributed by atoms with van der Waals surface area (Å²) in [6.07, 6.45) is 7.05. The van der Waals surface area contributed by atoms with Crippen LogP contribution in [0.2, 0.25) is 0 Å². The van der Waals surface area contributed by atoms with Gasteiger partial charge in [-0.25, -0.2) is 0 Å². The second-order valence-corrected chi connectivity index (χ2v) is 6.70. The first-order valence-electron chi connectivity index (χ1n) is 7.96. The fourth-order valence-electron chi connectivity index (χ4n) is 4.36. The van der Waals surface area contributed by atoms with Crippen LogP contribution in [-0.2, 0) is 4.79 Å². The molecule has 0 bridgehead atoms. The van der Waals surface area contributed by atoms with Crippen molar-refractivity contribution in [1.82, 2.24) is 10.2 Å². The van der Waals surface area contributed by atoms with Crippen molar-refractivity contribution in [2.24, 2.45) is 23.0 Å². The van der Waals surface area contributed by atoms with E-state index in [1.54, 1.807) is 0 Å². The van der Waals surface area contributed by atoms with E-state index in [0.717, 1.165) is 52.0 Å². The maximum atomic E-state index is 13.0. The first-order valence-corrected chi connectivity index (χ1v) is 7.96. The van der Waals surface area contributed by atoms with Gasteiger partial charge in [-0.05, 0) is 50.6 Å². The monoisotopic (exact) mass is 265 g/mol. The minimum absolute atomic E-state index is 0.0617. The number of nitrogens with two attached hydrogens (primary N) is 1. The summed E-state index contributed by atoms with van der Waals surface area (Å²) in [7, 11) is 0. The summed E-state index contributed by atoms with van der Waals surface area (Å²) < 4.78 is 0. The molecule has 2 aliphatic heterocycles. The highest BCUT2D eigenvalue weighted by molar-refractivity contribution is 5.84. The van der Waals surface area contributed by atoms with Crippen molar-refractivity contribution in [3.8, 4) is 0 Å². The molecule has 3 N–H and O–H groups in total. The van der Waals surface area contributed by atoms with Crippen molar-refractivity contribution in [3.63, 3.8) is 0 Å². The number of rotatable bonds is 2. The molecule has 3 rings (SSSR count). The Kier molecular flexibility index (Phi) is 3.81. The fourth-order valence-corrected chi connectivity index (χ4v) is 4.36. The third-order valence-electron chi connectivity index (χ3n) is 5.70. The normalized spacial score (nSPS) is 36.3. The quantitative estimate of drug-likeness (QED) is 0.782. The standard InChI is InChI=1S/C15H27N3O/c16-9-12-4-7-18(8-5-12)14(19)15-6-2-1-3-13(15)10-17-11-15/h12-13,17H,1-11,16H2/t13-,15+/m0/s1. The van der Waals surface area contributed by atoms with Gasteiger partial charge in [-0.2, -0.15) is 0 Å². The summed E-state index contributed by atoms with van der Waals surface area (Å²) in [5.41, 5.74) is 5.68. The summed E-state index contributed by atoms with van der Waals surface area (Å²) in [6, 6.07) is 0. The van der Waals surface area contributed by atoms with Gasteiger partial charge in [0.25, 0.3) is 0 Å². The predicted octanol–water partition coefficient (Wildman–Crippen LogP) is 0.963. The topological polar surface area (TPSA) is 58.4 Å². The summed E-state index contributed by atoms with van der Waals surface area (Å²) in [6.45, 7) is 4.58. The van der Waals surface area contributed by atoms with Crippen LogP contribution in [0.3, 0.4) is 0 Å². The molecule has 3 aliphatic rings. The minimum Gasteiger partial charge on any atom is -0.342 e.